The van der Waals surface area contributed by atoms with Gasteiger partial charge in [0.2, 0.25) is 11.6 Å². The van der Waals surface area contributed by atoms with Gasteiger partial charge < -0.3 is 10.7 Å². The standard InChI is InChI=1S/C10H14N8O2/c1-6-7(4-17(2)16-6)3-12-9-8(18(19)20)10(15-11)14-5-13-9/h4-5H,3,11H2,1-2H3,(H2,12,13,14,15). The van der Waals surface area contributed by atoms with Crippen LogP contribution < -0.4 is 16.6 Å². The number of nitrogen functional groups attached to an aromatic ring is 1. The molecule has 0 unspecified atom stereocenters. The number of nitrogens with two attached hydrogens (primary N) is 1. The molecule has 2 aromatic rings. The predicted molar refractivity (Wildman–Crippen MR) is 71.8 cm³/mol. The number of hydrogen-bond acceptors (Lipinski definition) is 8. The molecule has 0 saturated heterocycles. The van der Waals surface area contributed by atoms with Crippen LogP contribution in [0.15, 0.2) is 12.5 Å². The maximum Gasteiger partial charge on any atom is 0.354 e. The van der Waals surface area contributed by atoms with Crippen LogP contribution in [-0.2, 0) is 13.6 Å². The van der Waals surface area contributed by atoms with Crippen molar-refractivity contribution < 1.29 is 4.92 Å². The monoisotopic (exact) mass is 278 g/mol. The molecule has 0 saturated carbocycles. The van der Waals surface area contributed by atoms with E-state index in [2.05, 4.69) is 25.8 Å². The number of nitro groups is 1. The molecule has 2 rings (SSSR count). The Morgan fingerprint density at radius 3 is 2.70 bits per heavy atom. The van der Waals surface area contributed by atoms with Crippen LogP contribution in [0, 0.1) is 17.0 Å². The minimum atomic E-state index is -0.590. The molecule has 0 amide bonds. The number of hydrogen-bond donors (Lipinski definition) is 3. The number of aromatic nitrogens is 4. The van der Waals surface area contributed by atoms with Gasteiger partial charge in [-0.2, -0.15) is 5.10 Å². The molecule has 10 heteroatoms. The van der Waals surface area contributed by atoms with Gasteiger partial charge >= 0.3 is 5.69 Å². The zero-order chi connectivity index (χ0) is 14.7. The van der Waals surface area contributed by atoms with Crippen LogP contribution in [0.25, 0.3) is 0 Å². The van der Waals surface area contributed by atoms with Gasteiger partial charge in [-0.1, -0.05) is 0 Å². The lowest BCUT2D eigenvalue weighted by molar-refractivity contribution is -0.383. The summed E-state index contributed by atoms with van der Waals surface area (Å²) < 4.78 is 1.67. The van der Waals surface area contributed by atoms with Crippen LogP contribution in [-0.4, -0.2) is 24.7 Å². The molecular formula is C10H14N8O2. The van der Waals surface area contributed by atoms with Gasteiger partial charge in [-0.05, 0) is 6.92 Å². The summed E-state index contributed by atoms with van der Waals surface area (Å²) in [5.41, 5.74) is 3.65. The summed E-state index contributed by atoms with van der Waals surface area (Å²) in [6.07, 6.45) is 3.03. The Morgan fingerprint density at radius 1 is 1.45 bits per heavy atom. The summed E-state index contributed by atoms with van der Waals surface area (Å²) in [5, 5.41) is 18.1. The maximum atomic E-state index is 11.1. The highest BCUT2D eigenvalue weighted by Crippen LogP contribution is 2.28. The Morgan fingerprint density at radius 2 is 2.15 bits per heavy atom. The van der Waals surface area contributed by atoms with Gasteiger partial charge in [0.05, 0.1) is 10.6 Å². The Bertz CT molecular complexity index is 638. The van der Waals surface area contributed by atoms with E-state index >= 15 is 0 Å². The molecule has 0 aromatic carbocycles. The lowest BCUT2D eigenvalue weighted by Gasteiger charge is -2.07. The molecule has 0 atom stereocenters. The number of aryl methyl sites for hydroxylation is 2. The normalized spacial score (nSPS) is 10.3. The van der Waals surface area contributed by atoms with Gasteiger partial charge in [0.25, 0.3) is 0 Å². The van der Waals surface area contributed by atoms with Crippen LogP contribution in [0.3, 0.4) is 0 Å². The lowest BCUT2D eigenvalue weighted by atomic mass is 10.2. The van der Waals surface area contributed by atoms with Crippen LogP contribution >= 0.6 is 0 Å². The molecule has 4 N–H and O–H groups in total. The number of nitrogens with zero attached hydrogens (tertiary/aromatic N) is 5. The minimum absolute atomic E-state index is 0.0459. The van der Waals surface area contributed by atoms with Crippen molar-refractivity contribution >= 4 is 17.3 Å². The molecule has 2 aromatic heterocycles. The number of hydrazine groups is 1. The third-order valence-electron chi connectivity index (χ3n) is 2.70. The van der Waals surface area contributed by atoms with E-state index in [0.717, 1.165) is 11.3 Å². The number of rotatable bonds is 5. The van der Waals surface area contributed by atoms with E-state index in [1.54, 1.807) is 11.7 Å². The average Bonchev–Trinajstić information content (AvgIpc) is 2.73. The minimum Gasteiger partial charge on any atom is -0.360 e. The molecule has 0 aliphatic heterocycles. The second-order valence-electron chi connectivity index (χ2n) is 4.09. The summed E-state index contributed by atoms with van der Waals surface area (Å²) in [6.45, 7) is 2.22. The molecule has 0 bridgehead atoms. The van der Waals surface area contributed by atoms with Crippen molar-refractivity contribution in [1.29, 1.82) is 0 Å². The van der Waals surface area contributed by atoms with Crippen LogP contribution in [0.4, 0.5) is 17.3 Å². The Balaban J connectivity index is 2.25. The van der Waals surface area contributed by atoms with E-state index in [1.807, 2.05) is 13.1 Å². The molecule has 0 fully saturated rings. The third kappa shape index (κ3) is 2.64. The van der Waals surface area contributed by atoms with Crippen molar-refractivity contribution in [3.63, 3.8) is 0 Å². The zero-order valence-corrected chi connectivity index (χ0v) is 11.0. The highest BCUT2D eigenvalue weighted by atomic mass is 16.6. The van der Waals surface area contributed by atoms with E-state index in [9.17, 15) is 10.1 Å². The van der Waals surface area contributed by atoms with Gasteiger partial charge in [-0.25, -0.2) is 15.8 Å². The van der Waals surface area contributed by atoms with Gasteiger partial charge in [-0.3, -0.25) is 14.8 Å². The molecule has 10 nitrogen and oxygen atoms in total. The maximum absolute atomic E-state index is 11.1. The van der Waals surface area contributed by atoms with Gasteiger partial charge in [-0.15, -0.1) is 0 Å². The summed E-state index contributed by atoms with van der Waals surface area (Å²) in [7, 11) is 1.81. The fraction of sp³-hybridized carbons (Fsp3) is 0.300. The molecule has 20 heavy (non-hydrogen) atoms. The first-order chi connectivity index (χ1) is 9.52. The third-order valence-corrected chi connectivity index (χ3v) is 2.70. The van der Waals surface area contributed by atoms with Crippen molar-refractivity contribution in [2.45, 2.75) is 13.5 Å². The van der Waals surface area contributed by atoms with E-state index in [4.69, 9.17) is 5.84 Å². The quantitative estimate of drug-likeness (QED) is 0.404. The van der Waals surface area contributed by atoms with Crippen molar-refractivity contribution in [2.24, 2.45) is 12.9 Å². The molecule has 0 aliphatic rings. The van der Waals surface area contributed by atoms with E-state index < -0.39 is 4.92 Å². The smallest absolute Gasteiger partial charge is 0.354 e. The summed E-state index contributed by atoms with van der Waals surface area (Å²) in [4.78, 5) is 18.1. The first kappa shape index (κ1) is 13.7. The highest BCUT2D eigenvalue weighted by Gasteiger charge is 2.22. The lowest BCUT2D eigenvalue weighted by Crippen LogP contribution is -2.13. The van der Waals surface area contributed by atoms with E-state index in [1.165, 1.54) is 6.33 Å². The molecule has 106 valence electrons. The first-order valence-corrected chi connectivity index (χ1v) is 5.72. The average molecular weight is 278 g/mol. The van der Waals surface area contributed by atoms with Crippen LogP contribution in [0.1, 0.15) is 11.3 Å². The fourth-order valence-electron chi connectivity index (χ4n) is 1.79. The van der Waals surface area contributed by atoms with Crippen molar-refractivity contribution in [3.8, 4) is 0 Å². The van der Waals surface area contributed by atoms with E-state index in [0.29, 0.717) is 6.54 Å². The fourth-order valence-corrected chi connectivity index (χ4v) is 1.79. The Labute approximate surface area is 114 Å². The van der Waals surface area contributed by atoms with Gasteiger partial charge in [0.15, 0.2) is 0 Å². The first-order valence-electron chi connectivity index (χ1n) is 5.72. The molecule has 0 aliphatic carbocycles. The molecular weight excluding hydrogens is 264 g/mol. The largest absolute Gasteiger partial charge is 0.360 e. The number of nitrogens with one attached hydrogen (secondary N) is 2. The zero-order valence-electron chi connectivity index (χ0n) is 11.0. The Kier molecular flexibility index (Phi) is 3.75. The van der Waals surface area contributed by atoms with Gasteiger partial charge in [0.1, 0.15) is 6.33 Å². The second kappa shape index (κ2) is 5.48. The highest BCUT2D eigenvalue weighted by molar-refractivity contribution is 5.68. The molecule has 0 radical (unpaired) electrons. The summed E-state index contributed by atoms with van der Waals surface area (Å²) >= 11 is 0. The SMILES string of the molecule is Cc1nn(C)cc1CNc1ncnc(NN)c1[N+](=O)[O-]. The van der Waals surface area contributed by atoms with Crippen molar-refractivity contribution in [3.05, 3.63) is 33.9 Å². The second-order valence-corrected chi connectivity index (χ2v) is 4.09. The van der Waals surface area contributed by atoms with Gasteiger partial charge in [0, 0.05) is 25.4 Å². The molecule has 0 spiro atoms. The summed E-state index contributed by atoms with van der Waals surface area (Å²) in [6, 6.07) is 0. The number of anilines is 2. The van der Waals surface area contributed by atoms with Crippen molar-refractivity contribution in [1.82, 2.24) is 19.7 Å². The molecule has 2 heterocycles. The summed E-state index contributed by atoms with van der Waals surface area (Å²) in [5.74, 6) is 5.26. The van der Waals surface area contributed by atoms with Crippen LogP contribution in [0.5, 0.6) is 0 Å². The Hall–Kier alpha value is -2.75. The van der Waals surface area contributed by atoms with Crippen molar-refractivity contribution in [2.75, 3.05) is 10.7 Å². The van der Waals surface area contributed by atoms with E-state index in [-0.39, 0.29) is 17.3 Å². The van der Waals surface area contributed by atoms with Crippen LogP contribution in [0.2, 0.25) is 0 Å². The predicted octanol–water partition coefficient (Wildman–Crippen LogP) is 0.324. The topological polar surface area (TPSA) is 137 Å².